The van der Waals surface area contributed by atoms with Gasteiger partial charge >= 0.3 is 5.97 Å². The Morgan fingerprint density at radius 1 is 1.36 bits per heavy atom. The summed E-state index contributed by atoms with van der Waals surface area (Å²) >= 11 is 0. The molecule has 0 aliphatic carbocycles. The van der Waals surface area contributed by atoms with Gasteiger partial charge in [0.15, 0.2) is 5.54 Å². The fraction of sp³-hybridized carbons (Fsp3) is 0.500. The lowest BCUT2D eigenvalue weighted by Crippen LogP contribution is -2.56. The molecule has 0 bridgehead atoms. The van der Waals surface area contributed by atoms with Gasteiger partial charge in [0.1, 0.15) is 5.82 Å². The minimum Gasteiger partial charge on any atom is -0.479 e. The Labute approximate surface area is 128 Å². The van der Waals surface area contributed by atoms with E-state index in [1.165, 1.54) is 24.1 Å². The van der Waals surface area contributed by atoms with E-state index in [1.54, 1.807) is 12.1 Å². The summed E-state index contributed by atoms with van der Waals surface area (Å²) in [5, 5.41) is 9.51. The third-order valence-corrected chi connectivity index (χ3v) is 4.11. The highest BCUT2D eigenvalue weighted by molar-refractivity contribution is 5.88. The van der Waals surface area contributed by atoms with E-state index in [2.05, 4.69) is 0 Å². The summed E-state index contributed by atoms with van der Waals surface area (Å²) < 4.78 is 17.9. The number of amides is 1. The number of aliphatic carboxylic acids is 1. The molecule has 2 rings (SSSR count). The molecule has 1 aliphatic rings. The molecule has 6 heteroatoms. The first-order valence-corrected chi connectivity index (χ1v) is 7.27. The predicted octanol–water partition coefficient (Wildman–Crippen LogP) is 1.85. The van der Waals surface area contributed by atoms with E-state index in [0.717, 1.165) is 5.56 Å². The van der Waals surface area contributed by atoms with Gasteiger partial charge in [-0.05, 0) is 37.0 Å². The van der Waals surface area contributed by atoms with Gasteiger partial charge in [0.25, 0.3) is 0 Å². The van der Waals surface area contributed by atoms with Crippen LogP contribution in [-0.2, 0) is 20.7 Å². The van der Waals surface area contributed by atoms with Gasteiger partial charge in [-0.15, -0.1) is 0 Å². The molecule has 1 aliphatic heterocycles. The maximum absolute atomic E-state index is 12.9. The number of carboxylic acid groups (broad SMARTS) is 1. The zero-order valence-electron chi connectivity index (χ0n) is 12.5. The molecule has 1 saturated heterocycles. The van der Waals surface area contributed by atoms with Crippen LogP contribution in [0.15, 0.2) is 24.3 Å². The number of ether oxygens (including phenoxy) is 1. The Balaban J connectivity index is 2.04. The van der Waals surface area contributed by atoms with Crippen LogP contribution in [0, 0.1) is 5.82 Å². The smallest absolute Gasteiger partial charge is 0.332 e. The molecule has 5 nitrogen and oxygen atoms in total. The quantitative estimate of drug-likeness (QED) is 0.871. The van der Waals surface area contributed by atoms with Gasteiger partial charge in [-0.1, -0.05) is 12.1 Å². The minimum atomic E-state index is -1.26. The fourth-order valence-electron chi connectivity index (χ4n) is 2.95. The molecule has 0 spiro atoms. The highest BCUT2D eigenvalue weighted by Crippen LogP contribution is 2.31. The Kier molecular flexibility index (Phi) is 5.13. The molecule has 0 saturated carbocycles. The zero-order chi connectivity index (χ0) is 16.2. The van der Waals surface area contributed by atoms with E-state index < -0.39 is 11.5 Å². The van der Waals surface area contributed by atoms with Crippen molar-refractivity contribution < 1.29 is 23.8 Å². The van der Waals surface area contributed by atoms with Crippen LogP contribution in [0.4, 0.5) is 4.39 Å². The van der Waals surface area contributed by atoms with E-state index in [-0.39, 0.29) is 24.8 Å². The SMILES string of the molecule is COCC1(C(=O)O)CCCN1C(=O)CCc1ccc(F)cc1. The summed E-state index contributed by atoms with van der Waals surface area (Å²) in [5.41, 5.74) is -0.407. The molecule has 1 heterocycles. The van der Waals surface area contributed by atoms with Crippen LogP contribution >= 0.6 is 0 Å². The average Bonchev–Trinajstić information content (AvgIpc) is 2.92. The van der Waals surface area contributed by atoms with Crippen LogP contribution in [0.2, 0.25) is 0 Å². The van der Waals surface area contributed by atoms with Crippen molar-refractivity contribution in [1.82, 2.24) is 4.90 Å². The number of hydrogen-bond acceptors (Lipinski definition) is 3. The highest BCUT2D eigenvalue weighted by Gasteiger charge is 2.49. The van der Waals surface area contributed by atoms with Gasteiger partial charge < -0.3 is 14.7 Å². The first-order valence-electron chi connectivity index (χ1n) is 7.27. The largest absolute Gasteiger partial charge is 0.479 e. The number of benzene rings is 1. The van der Waals surface area contributed by atoms with E-state index >= 15 is 0 Å². The predicted molar refractivity (Wildman–Crippen MR) is 77.9 cm³/mol. The second-order valence-electron chi connectivity index (χ2n) is 5.55. The normalized spacial score (nSPS) is 21.1. The minimum absolute atomic E-state index is 0.00930. The molecule has 22 heavy (non-hydrogen) atoms. The lowest BCUT2D eigenvalue weighted by Gasteiger charge is -2.34. The number of halogens is 1. The Morgan fingerprint density at radius 2 is 2.05 bits per heavy atom. The van der Waals surface area contributed by atoms with E-state index in [4.69, 9.17) is 4.74 Å². The molecule has 1 unspecified atom stereocenters. The van der Waals surface area contributed by atoms with Crippen LogP contribution in [-0.4, -0.2) is 47.7 Å². The summed E-state index contributed by atoms with van der Waals surface area (Å²) in [6.45, 7) is 0.419. The van der Waals surface area contributed by atoms with Crippen LogP contribution in [0.3, 0.4) is 0 Å². The van der Waals surface area contributed by atoms with Gasteiger partial charge in [0.2, 0.25) is 5.91 Å². The summed E-state index contributed by atoms with van der Waals surface area (Å²) in [6.07, 6.45) is 1.71. The molecule has 0 aromatic heterocycles. The third-order valence-electron chi connectivity index (χ3n) is 4.11. The average molecular weight is 309 g/mol. The number of methoxy groups -OCH3 is 1. The standard InChI is InChI=1S/C16H20FNO4/c1-22-11-16(15(20)21)9-2-10-18(16)14(19)8-5-12-3-6-13(17)7-4-12/h3-4,6-7H,2,5,8-11H2,1H3,(H,20,21). The van der Waals surface area contributed by atoms with Gasteiger partial charge in [0.05, 0.1) is 6.61 Å². The summed E-state index contributed by atoms with van der Waals surface area (Å²) in [7, 11) is 1.43. The maximum atomic E-state index is 12.9. The van der Waals surface area contributed by atoms with Crippen molar-refractivity contribution in [3.8, 4) is 0 Å². The van der Waals surface area contributed by atoms with Crippen molar-refractivity contribution >= 4 is 11.9 Å². The van der Waals surface area contributed by atoms with Crippen molar-refractivity contribution in [3.05, 3.63) is 35.6 Å². The van der Waals surface area contributed by atoms with Crippen LogP contribution in [0.1, 0.15) is 24.8 Å². The molecule has 0 radical (unpaired) electrons. The van der Waals surface area contributed by atoms with Gasteiger partial charge in [-0.25, -0.2) is 9.18 Å². The molecule has 120 valence electrons. The second-order valence-corrected chi connectivity index (χ2v) is 5.55. The number of carbonyl (C=O) groups excluding carboxylic acids is 1. The lowest BCUT2D eigenvalue weighted by atomic mass is 9.96. The molecule has 1 amide bonds. The third kappa shape index (κ3) is 3.27. The monoisotopic (exact) mass is 309 g/mol. The van der Waals surface area contributed by atoms with Crippen molar-refractivity contribution in [3.63, 3.8) is 0 Å². The summed E-state index contributed by atoms with van der Waals surface area (Å²) in [4.78, 5) is 25.5. The molecular weight excluding hydrogens is 289 g/mol. The maximum Gasteiger partial charge on any atom is 0.332 e. The van der Waals surface area contributed by atoms with Crippen molar-refractivity contribution in [2.45, 2.75) is 31.2 Å². The lowest BCUT2D eigenvalue weighted by molar-refractivity contribution is -0.160. The van der Waals surface area contributed by atoms with Gasteiger partial charge in [0, 0.05) is 20.1 Å². The highest BCUT2D eigenvalue weighted by atomic mass is 19.1. The molecule has 1 aromatic carbocycles. The van der Waals surface area contributed by atoms with Crippen LogP contribution in [0.5, 0.6) is 0 Å². The Morgan fingerprint density at radius 3 is 2.64 bits per heavy atom. The Hall–Kier alpha value is -1.95. The number of carbonyl (C=O) groups is 2. The summed E-state index contributed by atoms with van der Waals surface area (Å²) in [6, 6.07) is 5.96. The number of rotatable bonds is 6. The van der Waals surface area contributed by atoms with Crippen LogP contribution in [0.25, 0.3) is 0 Å². The van der Waals surface area contributed by atoms with Gasteiger partial charge in [-0.2, -0.15) is 0 Å². The molecule has 1 aromatic rings. The molecule has 1 atom stereocenters. The van der Waals surface area contributed by atoms with E-state index in [0.29, 0.717) is 25.8 Å². The first kappa shape index (κ1) is 16.4. The zero-order valence-corrected chi connectivity index (χ0v) is 12.5. The molecule has 1 N–H and O–H groups in total. The fourth-order valence-corrected chi connectivity index (χ4v) is 2.95. The van der Waals surface area contributed by atoms with Crippen molar-refractivity contribution in [2.24, 2.45) is 0 Å². The number of carboxylic acids is 1. The van der Waals surface area contributed by atoms with E-state index in [9.17, 15) is 19.1 Å². The van der Waals surface area contributed by atoms with E-state index in [1.807, 2.05) is 0 Å². The number of hydrogen-bond donors (Lipinski definition) is 1. The topological polar surface area (TPSA) is 66.8 Å². The van der Waals surface area contributed by atoms with Crippen molar-refractivity contribution in [1.29, 1.82) is 0 Å². The van der Waals surface area contributed by atoms with Crippen molar-refractivity contribution in [2.75, 3.05) is 20.3 Å². The van der Waals surface area contributed by atoms with Gasteiger partial charge in [-0.3, -0.25) is 4.79 Å². The first-order chi connectivity index (χ1) is 10.5. The van der Waals surface area contributed by atoms with Crippen LogP contribution < -0.4 is 0 Å². The number of nitrogens with zero attached hydrogens (tertiary/aromatic N) is 1. The Bertz CT molecular complexity index is 546. The molecule has 1 fully saturated rings. The molecular formula is C16H20FNO4. The number of aryl methyl sites for hydroxylation is 1. The second kappa shape index (κ2) is 6.87. The summed E-state index contributed by atoms with van der Waals surface area (Å²) in [5.74, 6) is -1.55. The number of likely N-dealkylation sites (tertiary alicyclic amines) is 1.